The van der Waals surface area contributed by atoms with Gasteiger partial charge in [0.1, 0.15) is 5.82 Å². The number of carbonyl (C=O) groups is 1. The van der Waals surface area contributed by atoms with Crippen LogP contribution in [0.2, 0.25) is 0 Å². The minimum Gasteiger partial charge on any atom is -0.481 e. The molecule has 0 aliphatic carbocycles. The molecule has 2 rings (SSSR count). The summed E-state index contributed by atoms with van der Waals surface area (Å²) < 4.78 is 52.4. The first-order valence-corrected chi connectivity index (χ1v) is 6.54. The summed E-state index contributed by atoms with van der Waals surface area (Å²) in [7, 11) is 0. The molecule has 2 atom stereocenters. The van der Waals surface area contributed by atoms with E-state index in [1.165, 1.54) is 4.90 Å². The maximum Gasteiger partial charge on any atom is 0.393 e. The van der Waals surface area contributed by atoms with Crippen LogP contribution in [0.25, 0.3) is 0 Å². The van der Waals surface area contributed by atoms with E-state index in [0.29, 0.717) is 6.07 Å². The number of likely N-dealkylation sites (tertiary alicyclic amines) is 1. The Bertz CT molecular complexity index is 635. The topological polar surface area (TPSA) is 83.7 Å². The van der Waals surface area contributed by atoms with Crippen molar-refractivity contribution in [2.45, 2.75) is 12.7 Å². The van der Waals surface area contributed by atoms with Crippen molar-refractivity contribution in [2.24, 2.45) is 11.8 Å². The van der Waals surface area contributed by atoms with Crippen LogP contribution in [-0.4, -0.2) is 40.2 Å². The molecular formula is C13H12F4N2O4. The van der Waals surface area contributed by atoms with Crippen LogP contribution in [-0.2, 0) is 11.3 Å². The van der Waals surface area contributed by atoms with Gasteiger partial charge >= 0.3 is 12.1 Å². The highest BCUT2D eigenvalue weighted by molar-refractivity contribution is 5.71. The standard InChI is InChI=1S/C13H12F4N2O4/c14-11-3-8(19(22)23)2-1-7(11)4-18-5-9(12(20)21)10(6-18)13(15,16)17/h1-3,9-10H,4-6H2,(H,20,21)/t9-,10-/m1/s1. The molecule has 1 aliphatic heterocycles. The number of aliphatic carboxylic acids is 1. The Labute approximate surface area is 127 Å². The predicted molar refractivity (Wildman–Crippen MR) is 69.0 cm³/mol. The fourth-order valence-corrected chi connectivity index (χ4v) is 2.62. The molecule has 0 bridgehead atoms. The normalized spacial score (nSPS) is 22.3. The first kappa shape index (κ1) is 17.1. The van der Waals surface area contributed by atoms with Gasteiger partial charge in [0.25, 0.3) is 5.69 Å². The Morgan fingerprint density at radius 2 is 2.04 bits per heavy atom. The number of non-ortho nitro benzene ring substituents is 1. The van der Waals surface area contributed by atoms with E-state index in [1.807, 2.05) is 0 Å². The second-order valence-electron chi connectivity index (χ2n) is 5.32. The maximum absolute atomic E-state index is 13.8. The number of nitrogens with zero attached hydrogens (tertiary/aromatic N) is 2. The summed E-state index contributed by atoms with van der Waals surface area (Å²) in [6.07, 6.45) is -4.66. The lowest BCUT2D eigenvalue weighted by Crippen LogP contribution is -2.33. The summed E-state index contributed by atoms with van der Waals surface area (Å²) in [5, 5.41) is 19.4. The Morgan fingerprint density at radius 3 is 2.48 bits per heavy atom. The van der Waals surface area contributed by atoms with E-state index in [-0.39, 0.29) is 18.7 Å². The SMILES string of the molecule is O=C(O)[C@@H]1CN(Cc2ccc([N+](=O)[O-])cc2F)C[C@H]1C(F)(F)F. The van der Waals surface area contributed by atoms with E-state index in [4.69, 9.17) is 5.11 Å². The van der Waals surface area contributed by atoms with Crippen molar-refractivity contribution in [1.82, 2.24) is 4.90 Å². The van der Waals surface area contributed by atoms with Crippen molar-refractivity contribution in [2.75, 3.05) is 13.1 Å². The largest absolute Gasteiger partial charge is 0.481 e. The number of halogens is 4. The molecule has 0 spiro atoms. The second kappa shape index (κ2) is 6.11. The molecule has 0 aromatic heterocycles. The van der Waals surface area contributed by atoms with E-state index in [2.05, 4.69) is 0 Å². The molecule has 1 aromatic rings. The number of rotatable bonds is 4. The zero-order valence-electron chi connectivity index (χ0n) is 11.6. The number of carboxylic acids is 1. The molecule has 126 valence electrons. The van der Waals surface area contributed by atoms with Gasteiger partial charge in [-0.15, -0.1) is 0 Å². The lowest BCUT2D eigenvalue weighted by molar-refractivity contribution is -0.385. The highest BCUT2D eigenvalue weighted by Gasteiger charge is 2.52. The summed E-state index contributed by atoms with van der Waals surface area (Å²) in [6, 6.07) is 2.84. The van der Waals surface area contributed by atoms with E-state index < -0.39 is 47.0 Å². The first-order chi connectivity index (χ1) is 10.6. The summed E-state index contributed by atoms with van der Waals surface area (Å²) in [4.78, 5) is 21.9. The fourth-order valence-electron chi connectivity index (χ4n) is 2.62. The van der Waals surface area contributed by atoms with E-state index in [9.17, 15) is 32.5 Å². The highest BCUT2D eigenvalue weighted by atomic mass is 19.4. The number of alkyl halides is 3. The van der Waals surface area contributed by atoms with Gasteiger partial charge in [0.2, 0.25) is 0 Å². The van der Waals surface area contributed by atoms with Gasteiger partial charge in [-0.25, -0.2) is 4.39 Å². The number of hydrogen-bond acceptors (Lipinski definition) is 4. The van der Waals surface area contributed by atoms with Crippen LogP contribution in [0, 0.1) is 27.8 Å². The smallest absolute Gasteiger partial charge is 0.393 e. The Hall–Kier alpha value is -2.23. The highest BCUT2D eigenvalue weighted by Crippen LogP contribution is 2.38. The molecule has 0 saturated carbocycles. The molecule has 0 radical (unpaired) electrons. The number of hydrogen-bond donors (Lipinski definition) is 1. The average Bonchev–Trinajstić information content (AvgIpc) is 2.85. The number of nitro benzene ring substituents is 1. The molecule has 0 amide bonds. The molecule has 1 heterocycles. The predicted octanol–water partition coefficient (Wildman–Crippen LogP) is 2.43. The van der Waals surface area contributed by atoms with Gasteiger partial charge in [-0.05, 0) is 6.07 Å². The first-order valence-electron chi connectivity index (χ1n) is 6.54. The third-order valence-corrected chi connectivity index (χ3v) is 3.77. The van der Waals surface area contributed by atoms with Crippen LogP contribution in [0.4, 0.5) is 23.2 Å². The van der Waals surface area contributed by atoms with Crippen LogP contribution >= 0.6 is 0 Å². The Kier molecular flexibility index (Phi) is 4.55. The molecule has 6 nitrogen and oxygen atoms in total. The third kappa shape index (κ3) is 3.76. The summed E-state index contributed by atoms with van der Waals surface area (Å²) in [6.45, 7) is -1.17. The van der Waals surface area contributed by atoms with E-state index in [1.54, 1.807) is 0 Å². The van der Waals surface area contributed by atoms with Crippen LogP contribution < -0.4 is 0 Å². The lowest BCUT2D eigenvalue weighted by Gasteiger charge is -2.18. The summed E-state index contributed by atoms with van der Waals surface area (Å²) >= 11 is 0. The quantitative estimate of drug-likeness (QED) is 0.519. The lowest BCUT2D eigenvalue weighted by atomic mass is 9.96. The molecule has 10 heteroatoms. The zero-order valence-corrected chi connectivity index (χ0v) is 11.6. The van der Waals surface area contributed by atoms with Gasteiger partial charge < -0.3 is 5.11 Å². The van der Waals surface area contributed by atoms with E-state index in [0.717, 1.165) is 12.1 Å². The monoisotopic (exact) mass is 336 g/mol. The van der Waals surface area contributed by atoms with Gasteiger partial charge in [-0.2, -0.15) is 13.2 Å². The Balaban J connectivity index is 2.15. The van der Waals surface area contributed by atoms with Gasteiger partial charge in [0.05, 0.1) is 22.8 Å². The summed E-state index contributed by atoms with van der Waals surface area (Å²) in [5.74, 6) is -6.11. The van der Waals surface area contributed by atoms with Crippen LogP contribution in [0.1, 0.15) is 5.56 Å². The van der Waals surface area contributed by atoms with Gasteiger partial charge in [0, 0.05) is 31.3 Å². The van der Waals surface area contributed by atoms with Crippen molar-refractivity contribution in [1.29, 1.82) is 0 Å². The molecule has 1 N–H and O–H groups in total. The van der Waals surface area contributed by atoms with Crippen LogP contribution in [0.3, 0.4) is 0 Å². The fraction of sp³-hybridized carbons (Fsp3) is 0.462. The van der Waals surface area contributed by atoms with E-state index >= 15 is 0 Å². The van der Waals surface area contributed by atoms with Crippen molar-refractivity contribution in [3.8, 4) is 0 Å². The van der Waals surface area contributed by atoms with Crippen molar-refractivity contribution >= 4 is 11.7 Å². The number of benzene rings is 1. The molecular weight excluding hydrogens is 324 g/mol. The molecule has 1 saturated heterocycles. The number of carboxylic acid groups (broad SMARTS) is 1. The molecule has 0 unspecified atom stereocenters. The van der Waals surface area contributed by atoms with Crippen LogP contribution in [0.5, 0.6) is 0 Å². The minimum absolute atomic E-state index is 0.0254. The van der Waals surface area contributed by atoms with Crippen molar-refractivity contribution < 1.29 is 32.4 Å². The van der Waals surface area contributed by atoms with Crippen molar-refractivity contribution in [3.05, 3.63) is 39.7 Å². The Morgan fingerprint density at radius 1 is 1.39 bits per heavy atom. The molecule has 1 aliphatic rings. The van der Waals surface area contributed by atoms with Gasteiger partial charge in [0.15, 0.2) is 0 Å². The van der Waals surface area contributed by atoms with Gasteiger partial charge in [-0.1, -0.05) is 0 Å². The minimum atomic E-state index is -4.66. The second-order valence-corrected chi connectivity index (χ2v) is 5.32. The molecule has 1 fully saturated rings. The third-order valence-electron chi connectivity index (χ3n) is 3.77. The molecule has 1 aromatic carbocycles. The van der Waals surface area contributed by atoms with Crippen LogP contribution in [0.15, 0.2) is 18.2 Å². The van der Waals surface area contributed by atoms with Gasteiger partial charge in [-0.3, -0.25) is 19.8 Å². The number of nitro groups is 1. The van der Waals surface area contributed by atoms with Crippen molar-refractivity contribution in [3.63, 3.8) is 0 Å². The maximum atomic E-state index is 13.8. The summed E-state index contributed by atoms with van der Waals surface area (Å²) in [5.41, 5.74) is -0.494. The zero-order chi connectivity index (χ0) is 17.4. The molecule has 23 heavy (non-hydrogen) atoms. The average molecular weight is 336 g/mol.